The standard InChI is InChI=1S/C19H21NO3/c1-14-8-9-17(10-15(14)2)11-18(21)20-12-19(22)23-13-16-6-4-3-5-7-16/h3-10H,11-13H2,1-2H3,(H,20,21). The summed E-state index contributed by atoms with van der Waals surface area (Å²) in [4.78, 5) is 23.5. The molecule has 0 unspecified atom stereocenters. The van der Waals surface area contributed by atoms with Crippen molar-refractivity contribution in [2.75, 3.05) is 6.54 Å². The van der Waals surface area contributed by atoms with E-state index >= 15 is 0 Å². The summed E-state index contributed by atoms with van der Waals surface area (Å²) in [6, 6.07) is 15.3. The van der Waals surface area contributed by atoms with Gasteiger partial charge in [0.2, 0.25) is 5.91 Å². The second-order valence-electron chi connectivity index (χ2n) is 5.52. The van der Waals surface area contributed by atoms with Gasteiger partial charge in [0.25, 0.3) is 0 Å². The van der Waals surface area contributed by atoms with Crippen molar-refractivity contribution in [1.29, 1.82) is 0 Å². The van der Waals surface area contributed by atoms with Gasteiger partial charge in [-0.3, -0.25) is 9.59 Å². The summed E-state index contributed by atoms with van der Waals surface area (Å²) < 4.78 is 5.11. The summed E-state index contributed by atoms with van der Waals surface area (Å²) in [7, 11) is 0. The van der Waals surface area contributed by atoms with Crippen molar-refractivity contribution < 1.29 is 14.3 Å². The Labute approximate surface area is 136 Å². The van der Waals surface area contributed by atoms with Gasteiger partial charge in [-0.1, -0.05) is 48.5 Å². The molecule has 120 valence electrons. The van der Waals surface area contributed by atoms with Crippen LogP contribution in [0.2, 0.25) is 0 Å². The first-order valence-electron chi connectivity index (χ1n) is 7.57. The van der Waals surface area contributed by atoms with E-state index < -0.39 is 5.97 Å². The van der Waals surface area contributed by atoms with Crippen LogP contribution in [0.1, 0.15) is 22.3 Å². The molecular formula is C19H21NO3. The molecule has 2 rings (SSSR count). The van der Waals surface area contributed by atoms with Crippen LogP contribution < -0.4 is 5.32 Å². The lowest BCUT2D eigenvalue weighted by Crippen LogP contribution is -2.31. The molecule has 4 nitrogen and oxygen atoms in total. The molecule has 1 N–H and O–H groups in total. The summed E-state index contributed by atoms with van der Waals surface area (Å²) >= 11 is 0. The maximum atomic E-state index is 11.9. The number of esters is 1. The molecule has 0 bridgehead atoms. The fraction of sp³-hybridized carbons (Fsp3) is 0.263. The molecule has 0 saturated carbocycles. The predicted molar refractivity (Wildman–Crippen MR) is 88.9 cm³/mol. The van der Waals surface area contributed by atoms with Gasteiger partial charge in [0.15, 0.2) is 0 Å². The van der Waals surface area contributed by atoms with Gasteiger partial charge in [-0.15, -0.1) is 0 Å². The van der Waals surface area contributed by atoms with Crippen LogP contribution >= 0.6 is 0 Å². The van der Waals surface area contributed by atoms with Crippen LogP contribution in [0.25, 0.3) is 0 Å². The monoisotopic (exact) mass is 311 g/mol. The Bertz CT molecular complexity index is 680. The highest BCUT2D eigenvalue weighted by Gasteiger charge is 2.08. The molecule has 0 aromatic heterocycles. The predicted octanol–water partition coefficient (Wildman–Crippen LogP) is 2.71. The highest BCUT2D eigenvalue weighted by molar-refractivity contribution is 5.83. The zero-order valence-corrected chi connectivity index (χ0v) is 13.5. The molecule has 0 fully saturated rings. The normalized spacial score (nSPS) is 10.2. The Hall–Kier alpha value is -2.62. The average Bonchev–Trinajstić information content (AvgIpc) is 2.55. The van der Waals surface area contributed by atoms with Crippen molar-refractivity contribution in [3.05, 3.63) is 70.8 Å². The molecule has 4 heteroatoms. The van der Waals surface area contributed by atoms with Gasteiger partial charge in [-0.2, -0.15) is 0 Å². The fourth-order valence-corrected chi connectivity index (χ4v) is 2.12. The van der Waals surface area contributed by atoms with E-state index in [1.807, 2.05) is 62.4 Å². The largest absolute Gasteiger partial charge is 0.460 e. The van der Waals surface area contributed by atoms with E-state index in [1.54, 1.807) is 0 Å². The SMILES string of the molecule is Cc1ccc(CC(=O)NCC(=O)OCc2ccccc2)cc1C. The Kier molecular flexibility index (Phi) is 5.92. The maximum absolute atomic E-state index is 11.9. The molecule has 23 heavy (non-hydrogen) atoms. The molecule has 2 aromatic carbocycles. The van der Waals surface area contributed by atoms with Gasteiger partial charge >= 0.3 is 5.97 Å². The van der Waals surface area contributed by atoms with E-state index in [0.717, 1.165) is 16.7 Å². The van der Waals surface area contributed by atoms with E-state index in [4.69, 9.17) is 4.74 Å². The van der Waals surface area contributed by atoms with E-state index in [0.29, 0.717) is 0 Å². The molecule has 0 saturated heterocycles. The number of nitrogens with one attached hydrogen (secondary N) is 1. The molecule has 0 radical (unpaired) electrons. The Morgan fingerprint density at radius 1 is 0.957 bits per heavy atom. The minimum absolute atomic E-state index is 0.115. The van der Waals surface area contributed by atoms with Crippen LogP contribution in [-0.2, 0) is 27.4 Å². The van der Waals surface area contributed by atoms with Crippen molar-refractivity contribution in [2.24, 2.45) is 0 Å². The van der Waals surface area contributed by atoms with Crippen LogP contribution in [0.4, 0.5) is 0 Å². The number of benzene rings is 2. The molecule has 2 aromatic rings. The van der Waals surface area contributed by atoms with E-state index in [-0.39, 0.29) is 25.5 Å². The lowest BCUT2D eigenvalue weighted by Gasteiger charge is -2.08. The van der Waals surface area contributed by atoms with E-state index in [1.165, 1.54) is 5.56 Å². The van der Waals surface area contributed by atoms with E-state index in [2.05, 4.69) is 5.32 Å². The molecule has 0 aliphatic carbocycles. The summed E-state index contributed by atoms with van der Waals surface area (Å²) in [5, 5.41) is 2.59. The Balaban J connectivity index is 1.73. The minimum atomic E-state index is -0.442. The molecule has 0 aliphatic rings. The van der Waals surface area contributed by atoms with Crippen molar-refractivity contribution >= 4 is 11.9 Å². The smallest absolute Gasteiger partial charge is 0.325 e. The molecule has 0 aliphatic heterocycles. The third-order valence-corrected chi connectivity index (χ3v) is 3.61. The second-order valence-corrected chi connectivity index (χ2v) is 5.52. The summed E-state index contributed by atoms with van der Waals surface area (Å²) in [6.07, 6.45) is 0.257. The topological polar surface area (TPSA) is 55.4 Å². The van der Waals surface area contributed by atoms with Crippen LogP contribution in [0, 0.1) is 13.8 Å². The molecule has 0 heterocycles. The molecular weight excluding hydrogens is 290 g/mol. The Morgan fingerprint density at radius 2 is 1.70 bits per heavy atom. The van der Waals surface area contributed by atoms with Gasteiger partial charge in [0.05, 0.1) is 6.42 Å². The van der Waals surface area contributed by atoms with Crippen LogP contribution in [0.5, 0.6) is 0 Å². The summed E-state index contributed by atoms with van der Waals surface area (Å²) in [5.74, 6) is -0.632. The van der Waals surface area contributed by atoms with Crippen LogP contribution in [-0.4, -0.2) is 18.4 Å². The van der Waals surface area contributed by atoms with Gasteiger partial charge < -0.3 is 10.1 Å². The van der Waals surface area contributed by atoms with Crippen molar-refractivity contribution in [3.8, 4) is 0 Å². The van der Waals surface area contributed by atoms with Crippen molar-refractivity contribution in [3.63, 3.8) is 0 Å². The van der Waals surface area contributed by atoms with Crippen molar-refractivity contribution in [2.45, 2.75) is 26.9 Å². The number of hydrogen-bond donors (Lipinski definition) is 1. The summed E-state index contributed by atoms with van der Waals surface area (Å²) in [6.45, 7) is 4.14. The quantitative estimate of drug-likeness (QED) is 0.835. The molecule has 1 amide bonds. The number of rotatable bonds is 6. The zero-order valence-electron chi connectivity index (χ0n) is 13.5. The number of ether oxygens (including phenoxy) is 1. The van der Waals surface area contributed by atoms with Gasteiger partial charge in [0.1, 0.15) is 13.2 Å². The third-order valence-electron chi connectivity index (χ3n) is 3.61. The minimum Gasteiger partial charge on any atom is -0.460 e. The first kappa shape index (κ1) is 16.7. The highest BCUT2D eigenvalue weighted by atomic mass is 16.5. The first-order chi connectivity index (χ1) is 11.0. The zero-order chi connectivity index (χ0) is 16.7. The molecule has 0 atom stereocenters. The van der Waals surface area contributed by atoms with Gasteiger partial charge in [0, 0.05) is 0 Å². The summed E-state index contributed by atoms with van der Waals surface area (Å²) in [5.41, 5.74) is 4.20. The Morgan fingerprint density at radius 3 is 2.39 bits per heavy atom. The van der Waals surface area contributed by atoms with Crippen molar-refractivity contribution in [1.82, 2.24) is 5.32 Å². The van der Waals surface area contributed by atoms with Gasteiger partial charge in [-0.25, -0.2) is 0 Å². The number of hydrogen-bond acceptors (Lipinski definition) is 3. The number of amides is 1. The second kappa shape index (κ2) is 8.13. The maximum Gasteiger partial charge on any atom is 0.325 e. The first-order valence-corrected chi connectivity index (χ1v) is 7.57. The third kappa shape index (κ3) is 5.58. The fourth-order valence-electron chi connectivity index (χ4n) is 2.12. The number of carbonyl (C=O) groups is 2. The van der Waals surface area contributed by atoms with Crippen LogP contribution in [0.15, 0.2) is 48.5 Å². The molecule has 0 spiro atoms. The van der Waals surface area contributed by atoms with Gasteiger partial charge in [-0.05, 0) is 36.1 Å². The van der Waals surface area contributed by atoms with Crippen LogP contribution in [0.3, 0.4) is 0 Å². The lowest BCUT2D eigenvalue weighted by molar-refractivity contribution is -0.145. The van der Waals surface area contributed by atoms with E-state index in [9.17, 15) is 9.59 Å². The number of carbonyl (C=O) groups excluding carboxylic acids is 2. The lowest BCUT2D eigenvalue weighted by atomic mass is 10.0. The average molecular weight is 311 g/mol. The number of aryl methyl sites for hydroxylation is 2. The highest BCUT2D eigenvalue weighted by Crippen LogP contribution is 2.10.